The first-order valence-electron chi connectivity index (χ1n) is 13.2. The summed E-state index contributed by atoms with van der Waals surface area (Å²) in [5, 5.41) is 13.6. The van der Waals surface area contributed by atoms with Crippen molar-refractivity contribution in [2.24, 2.45) is 35.1 Å². The fourth-order valence-corrected chi connectivity index (χ4v) is 4.26. The van der Waals surface area contributed by atoms with Gasteiger partial charge in [-0.15, -0.1) is 12.4 Å². The molecule has 9 nitrogen and oxygen atoms in total. The van der Waals surface area contributed by atoms with Gasteiger partial charge in [-0.25, -0.2) is 0 Å². The molecule has 38 heavy (non-hydrogen) atoms. The zero-order valence-corrected chi connectivity index (χ0v) is 24.9. The van der Waals surface area contributed by atoms with Gasteiger partial charge in [0, 0.05) is 32.1 Å². The Labute approximate surface area is 234 Å². The van der Waals surface area contributed by atoms with Gasteiger partial charge in [0.05, 0.1) is 19.8 Å². The predicted molar refractivity (Wildman–Crippen MR) is 153 cm³/mol. The molecule has 5 atom stereocenters. The Bertz CT molecular complexity index is 839. The van der Waals surface area contributed by atoms with Crippen molar-refractivity contribution in [1.82, 2.24) is 5.32 Å². The molecule has 1 aromatic carbocycles. The van der Waals surface area contributed by atoms with Crippen LogP contribution in [0.5, 0.6) is 11.5 Å². The first kappa shape index (κ1) is 35.9. The van der Waals surface area contributed by atoms with Crippen LogP contribution in [0.3, 0.4) is 0 Å². The number of hydrogen-bond acceptors (Lipinski definition) is 7. The number of ether oxygens (including phenoxy) is 3. The highest BCUT2D eigenvalue weighted by Crippen LogP contribution is 2.31. The quantitative estimate of drug-likeness (QED) is 0.202. The monoisotopic (exact) mass is 559 g/mol. The fraction of sp³-hybridized carbons (Fsp3) is 0.714. The van der Waals surface area contributed by atoms with Gasteiger partial charge in [0.15, 0.2) is 11.5 Å². The van der Waals surface area contributed by atoms with Gasteiger partial charge in [-0.3, -0.25) is 9.59 Å². The molecule has 0 aliphatic carbocycles. The number of methoxy groups -OCH3 is 2. The summed E-state index contributed by atoms with van der Waals surface area (Å²) in [6.45, 7) is 10.8. The second-order valence-electron chi connectivity index (χ2n) is 10.6. The number of primary amides is 1. The summed E-state index contributed by atoms with van der Waals surface area (Å²) in [7, 11) is 3.28. The minimum absolute atomic E-state index is 0. The molecule has 0 aromatic heterocycles. The first-order chi connectivity index (χ1) is 17.4. The second kappa shape index (κ2) is 18.3. The molecule has 0 unspecified atom stereocenters. The van der Waals surface area contributed by atoms with Crippen molar-refractivity contribution in [2.45, 2.75) is 78.5 Å². The van der Waals surface area contributed by atoms with Crippen molar-refractivity contribution in [3.8, 4) is 11.5 Å². The van der Waals surface area contributed by atoms with Gasteiger partial charge in [0.1, 0.15) is 6.04 Å². The lowest BCUT2D eigenvalue weighted by Crippen LogP contribution is -2.47. The topological polar surface area (TPSA) is 146 Å². The minimum Gasteiger partial charge on any atom is -0.493 e. The normalized spacial score (nSPS) is 15.2. The van der Waals surface area contributed by atoms with Gasteiger partial charge in [-0.05, 0) is 61.6 Å². The van der Waals surface area contributed by atoms with E-state index in [1.54, 1.807) is 21.1 Å². The summed E-state index contributed by atoms with van der Waals surface area (Å²) in [6.07, 6.45) is 1.49. The van der Waals surface area contributed by atoms with Crippen molar-refractivity contribution < 1.29 is 28.9 Å². The third kappa shape index (κ3) is 12.2. The van der Waals surface area contributed by atoms with E-state index in [0.29, 0.717) is 37.1 Å². The average molecular weight is 560 g/mol. The number of carbonyl (C=O) groups excluding carboxylic acids is 2. The zero-order chi connectivity index (χ0) is 28.1. The van der Waals surface area contributed by atoms with Crippen molar-refractivity contribution >= 4 is 24.2 Å². The molecule has 0 bridgehead atoms. The maximum absolute atomic E-state index is 12.7. The van der Waals surface area contributed by atoms with Gasteiger partial charge in [-0.2, -0.15) is 0 Å². The molecular weight excluding hydrogens is 510 g/mol. The van der Waals surface area contributed by atoms with Crippen LogP contribution in [0.15, 0.2) is 18.2 Å². The van der Waals surface area contributed by atoms with Gasteiger partial charge < -0.3 is 36.1 Å². The summed E-state index contributed by atoms with van der Waals surface area (Å²) in [4.78, 5) is 24.1. The summed E-state index contributed by atoms with van der Waals surface area (Å²) in [6, 6.07) is 4.66. The largest absolute Gasteiger partial charge is 0.493 e. The highest BCUT2D eigenvalue weighted by atomic mass is 35.5. The van der Waals surface area contributed by atoms with Gasteiger partial charge >= 0.3 is 0 Å². The molecule has 220 valence electrons. The Morgan fingerprint density at radius 3 is 2.18 bits per heavy atom. The van der Waals surface area contributed by atoms with Crippen LogP contribution >= 0.6 is 12.4 Å². The van der Waals surface area contributed by atoms with Gasteiger partial charge in [-0.1, -0.05) is 33.8 Å². The average Bonchev–Trinajstić information content (AvgIpc) is 2.84. The molecule has 0 saturated carbocycles. The summed E-state index contributed by atoms with van der Waals surface area (Å²) >= 11 is 0. The van der Waals surface area contributed by atoms with E-state index in [2.05, 4.69) is 19.2 Å². The van der Waals surface area contributed by atoms with E-state index in [9.17, 15) is 14.7 Å². The number of benzene rings is 1. The molecule has 2 amide bonds. The highest BCUT2D eigenvalue weighted by molar-refractivity contribution is 5.87. The Balaban J connectivity index is 0.0000137. The molecule has 0 radical (unpaired) electrons. The molecule has 0 aliphatic heterocycles. The molecule has 0 fully saturated rings. The molecule has 0 heterocycles. The molecule has 0 aliphatic rings. The van der Waals surface area contributed by atoms with Crippen LogP contribution in [-0.2, 0) is 20.7 Å². The maximum atomic E-state index is 12.7. The molecule has 10 heteroatoms. The van der Waals surface area contributed by atoms with Crippen molar-refractivity contribution in [3.05, 3.63) is 23.8 Å². The lowest BCUT2D eigenvalue weighted by Gasteiger charge is -2.30. The number of nitrogens with one attached hydrogen (secondary N) is 1. The Morgan fingerprint density at radius 2 is 1.66 bits per heavy atom. The number of amides is 2. The van der Waals surface area contributed by atoms with Crippen molar-refractivity contribution in [3.63, 3.8) is 0 Å². The SMILES string of the molecule is COCCCOc1cc(C[C@@H](C[C@H](N)[C@@H](O)C[C@H](C(=O)N[C@@H](C)C(N)=O)C(C)C)C(C)C)ccc1OC.Cl. The predicted octanol–water partition coefficient (Wildman–Crippen LogP) is 3.08. The van der Waals surface area contributed by atoms with E-state index in [0.717, 1.165) is 18.4 Å². The van der Waals surface area contributed by atoms with E-state index in [1.807, 2.05) is 32.0 Å². The first-order valence-corrected chi connectivity index (χ1v) is 13.2. The van der Waals surface area contributed by atoms with Crippen LogP contribution in [0.1, 0.15) is 59.4 Å². The van der Waals surface area contributed by atoms with Crippen LogP contribution in [-0.4, -0.2) is 62.5 Å². The van der Waals surface area contributed by atoms with E-state index in [-0.39, 0.29) is 36.6 Å². The molecule has 1 rings (SSSR count). The molecule has 6 N–H and O–H groups in total. The Kier molecular flexibility index (Phi) is 17.3. The number of hydrogen-bond donors (Lipinski definition) is 4. The summed E-state index contributed by atoms with van der Waals surface area (Å²) in [5.41, 5.74) is 12.8. The van der Waals surface area contributed by atoms with Crippen LogP contribution in [0, 0.1) is 23.7 Å². The van der Waals surface area contributed by atoms with Crippen LogP contribution < -0.4 is 26.3 Å². The van der Waals surface area contributed by atoms with Gasteiger partial charge in [0.2, 0.25) is 11.8 Å². The van der Waals surface area contributed by atoms with Crippen molar-refractivity contribution in [2.75, 3.05) is 27.4 Å². The lowest BCUT2D eigenvalue weighted by atomic mass is 9.80. The second-order valence-corrected chi connectivity index (χ2v) is 10.6. The molecule has 1 aromatic rings. The number of aliphatic hydroxyl groups excluding tert-OH is 1. The Hall–Kier alpha value is -2.07. The minimum atomic E-state index is -0.862. The maximum Gasteiger partial charge on any atom is 0.239 e. The molecule has 0 spiro atoms. The van der Waals surface area contributed by atoms with E-state index >= 15 is 0 Å². The van der Waals surface area contributed by atoms with E-state index in [4.69, 9.17) is 25.7 Å². The van der Waals surface area contributed by atoms with Gasteiger partial charge in [0.25, 0.3) is 0 Å². The van der Waals surface area contributed by atoms with Crippen LogP contribution in [0.2, 0.25) is 0 Å². The third-order valence-corrected chi connectivity index (χ3v) is 6.91. The third-order valence-electron chi connectivity index (χ3n) is 6.91. The highest BCUT2D eigenvalue weighted by Gasteiger charge is 2.30. The summed E-state index contributed by atoms with van der Waals surface area (Å²) < 4.78 is 16.5. The molecular formula is C28H50ClN3O6. The Morgan fingerprint density at radius 1 is 1.00 bits per heavy atom. The standard InChI is InChI=1S/C28H49N3O6.ClH/c1-17(2)21(13-20-9-10-25(36-7)26(14-20)37-12-8-11-35-6)15-23(29)24(32)16-22(18(3)4)28(34)31-19(5)27(30)33;/h9-10,14,17-19,21-24,32H,8,11-13,15-16,29H2,1-7H3,(H2,30,33)(H,31,34);1H/t19-,21-,22-,23-,24-;/m0./s1. The lowest BCUT2D eigenvalue weighted by molar-refractivity contribution is -0.131. The number of carbonyl (C=O) groups is 2. The van der Waals surface area contributed by atoms with Crippen LogP contribution in [0.4, 0.5) is 0 Å². The number of nitrogens with two attached hydrogens (primary N) is 2. The van der Waals surface area contributed by atoms with Crippen molar-refractivity contribution in [1.29, 1.82) is 0 Å². The number of rotatable bonds is 18. The zero-order valence-electron chi connectivity index (χ0n) is 24.1. The summed E-state index contributed by atoms with van der Waals surface area (Å²) in [5.74, 6) is 0.480. The van der Waals surface area contributed by atoms with E-state index in [1.165, 1.54) is 0 Å². The van der Waals surface area contributed by atoms with E-state index < -0.39 is 30.0 Å². The smallest absolute Gasteiger partial charge is 0.239 e. The fourth-order valence-electron chi connectivity index (χ4n) is 4.26. The molecule has 0 saturated heterocycles. The number of aliphatic hydroxyl groups is 1. The number of halogens is 1. The van der Waals surface area contributed by atoms with Crippen LogP contribution in [0.25, 0.3) is 0 Å².